The maximum Gasteiger partial charge on any atom is 0.337 e. The summed E-state index contributed by atoms with van der Waals surface area (Å²) < 4.78 is 7.98. The van der Waals surface area contributed by atoms with Crippen LogP contribution < -0.4 is 11.2 Å². The third-order valence-corrected chi connectivity index (χ3v) is 6.32. The van der Waals surface area contributed by atoms with Crippen molar-refractivity contribution in [2.45, 2.75) is 13.5 Å². The minimum atomic E-state index is -0.543. The summed E-state index contributed by atoms with van der Waals surface area (Å²) in [5, 5.41) is 0.128. The van der Waals surface area contributed by atoms with E-state index in [0.717, 1.165) is 11.1 Å². The molecule has 2 aromatic carbocycles. The van der Waals surface area contributed by atoms with Gasteiger partial charge in [-0.2, -0.15) is 0 Å². The zero-order valence-corrected chi connectivity index (χ0v) is 20.0. The van der Waals surface area contributed by atoms with E-state index in [9.17, 15) is 14.4 Å². The van der Waals surface area contributed by atoms with Crippen molar-refractivity contribution in [1.29, 1.82) is 0 Å². The molecule has 8 nitrogen and oxygen atoms in total. The van der Waals surface area contributed by atoms with Gasteiger partial charge in [0.1, 0.15) is 0 Å². The van der Waals surface area contributed by atoms with E-state index < -0.39 is 11.2 Å². The fourth-order valence-electron chi connectivity index (χ4n) is 4.46. The van der Waals surface area contributed by atoms with Crippen LogP contribution in [0.1, 0.15) is 27.2 Å². The highest BCUT2D eigenvalue weighted by Crippen LogP contribution is 2.20. The van der Waals surface area contributed by atoms with Gasteiger partial charge in [-0.3, -0.25) is 14.2 Å². The third kappa shape index (κ3) is 4.27. The first-order valence-corrected chi connectivity index (χ1v) is 11.8. The molecule has 0 saturated carbocycles. The smallest absolute Gasteiger partial charge is 0.337 e. The van der Waals surface area contributed by atoms with E-state index in [0.29, 0.717) is 37.7 Å². The molecule has 1 saturated heterocycles. The Bertz CT molecular complexity index is 1560. The first kappa shape index (κ1) is 23.4. The average molecular weight is 483 g/mol. The maximum atomic E-state index is 13.9. The van der Waals surface area contributed by atoms with Crippen LogP contribution in [0.2, 0.25) is 0 Å². The second-order valence-electron chi connectivity index (χ2n) is 8.70. The number of aryl methyl sites for hydroxylation is 1. The highest BCUT2D eigenvalue weighted by molar-refractivity contribution is 6.05. The first-order chi connectivity index (χ1) is 17.5. The molecule has 1 amide bonds. The summed E-state index contributed by atoms with van der Waals surface area (Å²) in [4.78, 5) is 47.5. The summed E-state index contributed by atoms with van der Waals surface area (Å²) in [5.41, 5.74) is 2.17. The molecule has 0 radical (unpaired) electrons. The lowest BCUT2D eigenvalue weighted by Crippen LogP contribution is -2.43. The highest BCUT2D eigenvalue weighted by Gasteiger charge is 2.26. The number of pyridine rings is 1. The third-order valence-electron chi connectivity index (χ3n) is 6.32. The Morgan fingerprint density at radius 1 is 1.06 bits per heavy atom. The largest absolute Gasteiger partial charge is 0.378 e. The molecule has 5 rings (SSSR count). The molecule has 0 unspecified atom stereocenters. The van der Waals surface area contributed by atoms with Crippen molar-refractivity contribution >= 4 is 23.0 Å². The van der Waals surface area contributed by atoms with Crippen molar-refractivity contribution in [3.8, 4) is 5.69 Å². The van der Waals surface area contributed by atoms with Crippen LogP contribution in [-0.4, -0.2) is 51.2 Å². The molecular weight excluding hydrogens is 456 g/mol. The number of carbonyl (C=O) groups is 1. The van der Waals surface area contributed by atoms with Gasteiger partial charge in [0.05, 0.1) is 36.4 Å². The molecule has 2 aromatic heterocycles. The second kappa shape index (κ2) is 9.75. The number of aromatic nitrogens is 3. The summed E-state index contributed by atoms with van der Waals surface area (Å²) >= 11 is 0. The number of morpholine rings is 1. The lowest BCUT2D eigenvalue weighted by atomic mass is 10.1. The van der Waals surface area contributed by atoms with Crippen LogP contribution in [0.5, 0.6) is 0 Å². The van der Waals surface area contributed by atoms with E-state index in [-0.39, 0.29) is 29.0 Å². The number of amides is 1. The minimum absolute atomic E-state index is 0.0525. The van der Waals surface area contributed by atoms with Gasteiger partial charge >= 0.3 is 5.69 Å². The molecule has 0 bridgehead atoms. The normalized spacial score (nSPS) is 13.6. The number of rotatable bonds is 5. The Morgan fingerprint density at radius 2 is 1.75 bits per heavy atom. The predicted octanol–water partition coefficient (Wildman–Crippen LogP) is 3.02. The van der Waals surface area contributed by atoms with Crippen LogP contribution in [0.3, 0.4) is 0 Å². The number of ether oxygens (including phenoxy) is 1. The Kier molecular flexibility index (Phi) is 6.35. The highest BCUT2D eigenvalue weighted by atomic mass is 16.5. The van der Waals surface area contributed by atoms with Crippen molar-refractivity contribution in [2.24, 2.45) is 0 Å². The second-order valence-corrected chi connectivity index (χ2v) is 8.70. The van der Waals surface area contributed by atoms with Gasteiger partial charge in [-0.05, 0) is 36.2 Å². The molecule has 0 atom stereocenters. The molecule has 1 aliphatic heterocycles. The van der Waals surface area contributed by atoms with E-state index in [2.05, 4.69) is 11.6 Å². The molecule has 1 aliphatic rings. The molecule has 182 valence electrons. The number of nitrogens with zero attached hydrogens (tertiary/aromatic N) is 4. The standard InChI is InChI=1S/C28H26N4O4/c1-3-20-9-11-21(12-10-20)18-31-27(34)24-23(26(33)30-13-15-36-16-14-30)17-19(2)29-25(24)32(28(31)35)22-7-5-4-6-8-22/h3-12,17H,1,13-16,18H2,2H3. The van der Waals surface area contributed by atoms with Crippen LogP contribution in [0.15, 0.2) is 76.8 Å². The molecule has 0 aliphatic carbocycles. The van der Waals surface area contributed by atoms with Gasteiger partial charge in [0.2, 0.25) is 0 Å². The van der Waals surface area contributed by atoms with Gasteiger partial charge in [-0.1, -0.05) is 55.1 Å². The number of benzene rings is 2. The topological polar surface area (TPSA) is 86.4 Å². The molecule has 4 aromatic rings. The van der Waals surface area contributed by atoms with Gasteiger partial charge < -0.3 is 9.64 Å². The monoisotopic (exact) mass is 482 g/mol. The minimum Gasteiger partial charge on any atom is -0.378 e. The first-order valence-electron chi connectivity index (χ1n) is 11.8. The average Bonchev–Trinajstić information content (AvgIpc) is 2.91. The van der Waals surface area contributed by atoms with E-state index in [1.54, 1.807) is 36.1 Å². The van der Waals surface area contributed by atoms with Crippen molar-refractivity contribution < 1.29 is 9.53 Å². The quantitative estimate of drug-likeness (QED) is 0.437. The zero-order valence-electron chi connectivity index (χ0n) is 20.0. The number of hydrogen-bond donors (Lipinski definition) is 0. The summed E-state index contributed by atoms with van der Waals surface area (Å²) in [6.07, 6.45) is 1.73. The Hall–Kier alpha value is -4.30. The van der Waals surface area contributed by atoms with Crippen molar-refractivity contribution in [3.63, 3.8) is 0 Å². The molecular formula is C28H26N4O4. The van der Waals surface area contributed by atoms with Gasteiger partial charge in [-0.15, -0.1) is 0 Å². The molecule has 0 N–H and O–H groups in total. The number of hydrogen-bond acceptors (Lipinski definition) is 5. The van der Waals surface area contributed by atoms with Gasteiger partial charge in [0.15, 0.2) is 5.65 Å². The molecule has 0 spiro atoms. The van der Waals surface area contributed by atoms with Crippen molar-refractivity contribution in [3.05, 3.63) is 110 Å². The van der Waals surface area contributed by atoms with Crippen LogP contribution >= 0.6 is 0 Å². The van der Waals surface area contributed by atoms with E-state index in [4.69, 9.17) is 4.74 Å². The number of carbonyl (C=O) groups excluding carboxylic acids is 1. The van der Waals surface area contributed by atoms with E-state index >= 15 is 0 Å². The summed E-state index contributed by atoms with van der Waals surface area (Å²) in [5.74, 6) is -0.272. The van der Waals surface area contributed by atoms with Gasteiger partial charge in [0.25, 0.3) is 11.5 Å². The number of para-hydroxylation sites is 1. The summed E-state index contributed by atoms with van der Waals surface area (Å²) in [6.45, 7) is 7.31. The molecule has 1 fully saturated rings. The molecule has 8 heteroatoms. The van der Waals surface area contributed by atoms with Crippen LogP contribution in [0, 0.1) is 6.92 Å². The zero-order chi connectivity index (χ0) is 25.2. The van der Waals surface area contributed by atoms with Crippen LogP contribution in [0.25, 0.3) is 22.8 Å². The molecule has 3 heterocycles. The molecule has 36 heavy (non-hydrogen) atoms. The fraction of sp³-hybridized carbons (Fsp3) is 0.214. The van der Waals surface area contributed by atoms with Crippen molar-refractivity contribution in [2.75, 3.05) is 26.3 Å². The van der Waals surface area contributed by atoms with E-state index in [1.165, 1.54) is 9.13 Å². The fourth-order valence-corrected chi connectivity index (χ4v) is 4.46. The lowest BCUT2D eigenvalue weighted by molar-refractivity contribution is 0.0304. The lowest BCUT2D eigenvalue weighted by Gasteiger charge is -2.27. The Morgan fingerprint density at radius 3 is 2.42 bits per heavy atom. The van der Waals surface area contributed by atoms with Gasteiger partial charge in [-0.25, -0.2) is 14.3 Å². The predicted molar refractivity (Wildman–Crippen MR) is 139 cm³/mol. The number of fused-ring (bicyclic) bond motifs is 1. The van der Waals surface area contributed by atoms with Crippen molar-refractivity contribution in [1.82, 2.24) is 19.0 Å². The van der Waals surface area contributed by atoms with Gasteiger partial charge in [0, 0.05) is 18.8 Å². The Balaban J connectivity index is 1.79. The SMILES string of the molecule is C=Cc1ccc(Cn2c(=O)c3c(C(=O)N4CCOCC4)cc(C)nc3n(-c3ccccc3)c2=O)cc1. The van der Waals surface area contributed by atoms with Crippen LogP contribution in [0.4, 0.5) is 0 Å². The summed E-state index contributed by atoms with van der Waals surface area (Å²) in [6, 6.07) is 18.1. The Labute approximate surface area is 207 Å². The van der Waals surface area contributed by atoms with E-state index in [1.807, 2.05) is 42.5 Å². The summed E-state index contributed by atoms with van der Waals surface area (Å²) in [7, 11) is 0. The maximum absolute atomic E-state index is 13.9. The van der Waals surface area contributed by atoms with Crippen LogP contribution in [-0.2, 0) is 11.3 Å².